The fraction of sp³-hybridized carbons (Fsp3) is 0.375. The summed E-state index contributed by atoms with van der Waals surface area (Å²) >= 11 is 0. The van der Waals surface area contributed by atoms with Crippen molar-refractivity contribution in [1.82, 2.24) is 9.55 Å². The average molecular weight is 301 g/mol. The topological polar surface area (TPSA) is 39.4 Å². The second-order valence-corrected chi connectivity index (χ2v) is 10.7. The van der Waals surface area contributed by atoms with Gasteiger partial charge >= 0.3 is 0 Å². The van der Waals surface area contributed by atoms with Gasteiger partial charge in [-0.1, -0.05) is 12.1 Å². The van der Waals surface area contributed by atoms with Crippen molar-refractivity contribution in [3.63, 3.8) is 0 Å². The summed E-state index contributed by atoms with van der Waals surface area (Å²) in [6, 6.07) is 6.07. The second kappa shape index (κ2) is 5.85. The van der Waals surface area contributed by atoms with Crippen molar-refractivity contribution in [3.8, 4) is 5.75 Å². The molecule has 0 bridgehead atoms. The number of hydrogen-bond acceptors (Lipinski definition) is 3. The zero-order valence-corrected chi connectivity index (χ0v) is 14.6. The maximum absolute atomic E-state index is 6.21. The van der Waals surface area contributed by atoms with Gasteiger partial charge in [-0.2, -0.15) is 0 Å². The molecule has 0 fully saturated rings. The minimum atomic E-state index is -1.68. The van der Waals surface area contributed by atoms with Crippen LogP contribution in [0.2, 0.25) is 19.6 Å². The highest BCUT2D eigenvalue weighted by Gasteiger charge is 2.19. The van der Waals surface area contributed by atoms with Crippen LogP contribution in [0.4, 0.5) is 5.69 Å². The van der Waals surface area contributed by atoms with Crippen molar-refractivity contribution < 1.29 is 4.43 Å². The summed E-state index contributed by atoms with van der Waals surface area (Å²) in [5, 5.41) is 0. The van der Waals surface area contributed by atoms with Crippen LogP contribution in [0.1, 0.15) is 18.2 Å². The van der Waals surface area contributed by atoms with E-state index in [1.54, 1.807) is 6.33 Å². The van der Waals surface area contributed by atoms with Crippen LogP contribution < -0.4 is 4.43 Å². The number of aliphatic imine (C=N–C) groups is 1. The Kier molecular flexibility index (Phi) is 4.32. The molecule has 0 atom stereocenters. The molecule has 0 saturated heterocycles. The Hall–Kier alpha value is -1.88. The molecule has 112 valence electrons. The van der Waals surface area contributed by atoms with Crippen LogP contribution in [-0.4, -0.2) is 23.6 Å². The van der Waals surface area contributed by atoms with E-state index >= 15 is 0 Å². The Morgan fingerprint density at radius 1 is 1.29 bits per heavy atom. The molecule has 0 amide bonds. The van der Waals surface area contributed by atoms with E-state index in [1.165, 1.54) is 0 Å². The lowest BCUT2D eigenvalue weighted by Gasteiger charge is -2.22. The Morgan fingerprint density at radius 2 is 2.00 bits per heavy atom. The molecule has 0 radical (unpaired) electrons. The summed E-state index contributed by atoms with van der Waals surface area (Å²) in [6.07, 6.45) is 3.75. The summed E-state index contributed by atoms with van der Waals surface area (Å²) in [5.74, 6) is 0.895. The molecule has 0 unspecified atom stereocenters. The van der Waals surface area contributed by atoms with Gasteiger partial charge in [0.15, 0.2) is 0 Å². The van der Waals surface area contributed by atoms with Gasteiger partial charge < -0.3 is 8.99 Å². The first-order chi connectivity index (χ1) is 9.76. The van der Waals surface area contributed by atoms with E-state index in [0.29, 0.717) is 0 Å². The highest BCUT2D eigenvalue weighted by atomic mass is 28.4. The second-order valence-electron chi connectivity index (χ2n) is 6.26. The minimum Gasteiger partial charge on any atom is -0.543 e. The summed E-state index contributed by atoms with van der Waals surface area (Å²) < 4.78 is 8.13. The zero-order chi connectivity index (χ0) is 15.6. The number of nitrogens with zero attached hydrogens (tertiary/aromatic N) is 3. The van der Waals surface area contributed by atoms with Crippen LogP contribution in [-0.2, 0) is 7.05 Å². The molecule has 0 aliphatic rings. The average Bonchev–Trinajstić information content (AvgIpc) is 2.79. The summed E-state index contributed by atoms with van der Waals surface area (Å²) in [7, 11) is 0.279. The van der Waals surface area contributed by atoms with Crippen LogP contribution in [0.3, 0.4) is 0 Å². The van der Waals surface area contributed by atoms with E-state index in [-0.39, 0.29) is 0 Å². The van der Waals surface area contributed by atoms with E-state index in [0.717, 1.165) is 28.4 Å². The maximum Gasteiger partial charge on any atom is 0.242 e. The Morgan fingerprint density at radius 3 is 2.57 bits per heavy atom. The summed E-state index contributed by atoms with van der Waals surface area (Å²) in [4.78, 5) is 9.06. The van der Waals surface area contributed by atoms with Crippen molar-refractivity contribution >= 4 is 19.7 Å². The molecule has 0 N–H and O–H groups in total. The predicted molar refractivity (Wildman–Crippen MR) is 90.2 cm³/mol. The molecule has 2 aromatic rings. The Labute approximate surface area is 127 Å². The van der Waals surface area contributed by atoms with Crippen molar-refractivity contribution in [1.29, 1.82) is 0 Å². The summed E-state index contributed by atoms with van der Waals surface area (Å²) in [6.45, 7) is 10.6. The van der Waals surface area contributed by atoms with E-state index in [9.17, 15) is 0 Å². The first-order valence-electron chi connectivity index (χ1n) is 7.08. The van der Waals surface area contributed by atoms with Crippen molar-refractivity contribution in [2.24, 2.45) is 12.0 Å². The zero-order valence-electron chi connectivity index (χ0n) is 13.6. The van der Waals surface area contributed by atoms with E-state index in [4.69, 9.17) is 9.42 Å². The van der Waals surface area contributed by atoms with Crippen LogP contribution in [0.25, 0.3) is 0 Å². The van der Waals surface area contributed by atoms with Gasteiger partial charge in [0.25, 0.3) is 0 Å². The summed E-state index contributed by atoms with van der Waals surface area (Å²) in [5.41, 5.74) is 3.77. The Bertz CT molecular complexity index is 668. The standard InChI is InChI=1S/C16H23N3OSi/c1-12-8-7-9-14(16(12)20-21(4,5)6)18-13(2)15-10-19(3)11-17-15/h7-11H,1-6H3. The molecule has 2 rings (SSSR count). The third kappa shape index (κ3) is 4.04. The van der Waals surface area contributed by atoms with Crippen molar-refractivity contribution in [2.45, 2.75) is 33.5 Å². The van der Waals surface area contributed by atoms with Crippen LogP contribution in [0.5, 0.6) is 5.75 Å². The first-order valence-corrected chi connectivity index (χ1v) is 10.5. The minimum absolute atomic E-state index is 0.876. The van der Waals surface area contributed by atoms with E-state index < -0.39 is 8.32 Å². The normalized spacial score (nSPS) is 12.6. The van der Waals surface area contributed by atoms with E-state index in [2.05, 4.69) is 37.6 Å². The van der Waals surface area contributed by atoms with Crippen molar-refractivity contribution in [2.75, 3.05) is 0 Å². The predicted octanol–water partition coefficient (Wildman–Crippen LogP) is 4.08. The largest absolute Gasteiger partial charge is 0.543 e. The van der Waals surface area contributed by atoms with Crippen LogP contribution in [0.15, 0.2) is 35.7 Å². The van der Waals surface area contributed by atoms with Gasteiger partial charge in [0.05, 0.1) is 12.0 Å². The van der Waals surface area contributed by atoms with Gasteiger partial charge in [0.1, 0.15) is 17.1 Å². The van der Waals surface area contributed by atoms with Crippen molar-refractivity contribution in [3.05, 3.63) is 42.0 Å². The molecule has 1 aromatic carbocycles. The molecule has 5 heteroatoms. The molecule has 0 aliphatic heterocycles. The third-order valence-corrected chi connectivity index (χ3v) is 3.78. The Balaban J connectivity index is 2.42. The van der Waals surface area contributed by atoms with Gasteiger partial charge in [-0.3, -0.25) is 0 Å². The molecule has 21 heavy (non-hydrogen) atoms. The SMILES string of the molecule is CC(=Nc1cccc(C)c1O[Si](C)(C)C)c1cn(C)cn1. The molecule has 0 spiro atoms. The molecule has 1 heterocycles. The fourth-order valence-corrected chi connectivity index (χ4v) is 2.88. The lowest BCUT2D eigenvalue weighted by molar-refractivity contribution is 0.554. The lowest BCUT2D eigenvalue weighted by Crippen LogP contribution is -2.29. The third-order valence-electron chi connectivity index (χ3n) is 2.96. The van der Waals surface area contributed by atoms with Gasteiger partial charge in [-0.25, -0.2) is 9.98 Å². The highest BCUT2D eigenvalue weighted by molar-refractivity contribution is 6.70. The fourth-order valence-electron chi connectivity index (χ4n) is 2.00. The number of aromatic nitrogens is 2. The highest BCUT2D eigenvalue weighted by Crippen LogP contribution is 2.33. The number of aryl methyl sites for hydroxylation is 2. The van der Waals surface area contributed by atoms with Crippen LogP contribution >= 0.6 is 0 Å². The number of hydrogen-bond donors (Lipinski definition) is 0. The lowest BCUT2D eigenvalue weighted by atomic mass is 10.2. The molecule has 1 aromatic heterocycles. The van der Waals surface area contributed by atoms with Gasteiger partial charge in [-0.15, -0.1) is 0 Å². The number of rotatable bonds is 4. The number of imidazole rings is 1. The smallest absolute Gasteiger partial charge is 0.242 e. The molecule has 0 aliphatic carbocycles. The van der Waals surface area contributed by atoms with Gasteiger partial charge in [-0.05, 0) is 45.1 Å². The number of benzene rings is 1. The number of para-hydroxylation sites is 1. The first kappa shape index (κ1) is 15.5. The van der Waals surface area contributed by atoms with Crippen LogP contribution in [0, 0.1) is 6.92 Å². The van der Waals surface area contributed by atoms with Gasteiger partial charge in [0, 0.05) is 13.2 Å². The molecular formula is C16H23N3OSi. The maximum atomic E-state index is 6.21. The van der Waals surface area contributed by atoms with E-state index in [1.807, 2.05) is 36.9 Å². The van der Waals surface area contributed by atoms with Gasteiger partial charge in [0.2, 0.25) is 8.32 Å². The molecule has 4 nitrogen and oxygen atoms in total. The monoisotopic (exact) mass is 301 g/mol. The quantitative estimate of drug-likeness (QED) is 0.630. The molecule has 0 saturated carbocycles. The molecular weight excluding hydrogens is 278 g/mol.